The van der Waals surface area contributed by atoms with Crippen molar-refractivity contribution in [2.24, 2.45) is 0 Å². The molecule has 1 amide bonds. The summed E-state index contributed by atoms with van der Waals surface area (Å²) in [6.45, 7) is 1.80. The third-order valence-corrected chi connectivity index (χ3v) is 2.91. The summed E-state index contributed by atoms with van der Waals surface area (Å²) in [5.41, 5.74) is 6.33. The number of rotatable bonds is 4. The molecule has 0 saturated carbocycles. The Bertz CT molecular complexity index is 756. The summed E-state index contributed by atoms with van der Waals surface area (Å²) in [4.78, 5) is 26.2. The van der Waals surface area contributed by atoms with Gasteiger partial charge in [0.1, 0.15) is 5.71 Å². The van der Waals surface area contributed by atoms with Crippen LogP contribution in [0.1, 0.15) is 11.3 Å². The minimum atomic E-state index is -0.724. The number of hydrogen-bond donors (Lipinski definition) is 3. The van der Waals surface area contributed by atoms with Crippen molar-refractivity contribution in [2.75, 3.05) is 11.1 Å². The topological polar surface area (TPSA) is 135 Å². The number of nitro benzene ring substituents is 1. The lowest BCUT2D eigenvalue weighted by Gasteiger charge is -2.08. The van der Waals surface area contributed by atoms with Crippen LogP contribution in [0.2, 0.25) is 0 Å². The number of non-ortho nitro benzene ring substituents is 1. The molecule has 0 saturated heterocycles. The van der Waals surface area contributed by atoms with Crippen LogP contribution in [0, 0.1) is 22.4 Å². The van der Waals surface area contributed by atoms with E-state index >= 15 is 0 Å². The smallest absolute Gasteiger partial charge is 0.274 e. The number of nitrogen functional groups attached to an aromatic ring is 1. The normalized spacial score (nSPS) is 10.0. The maximum absolute atomic E-state index is 12.0. The molecule has 0 fully saturated rings. The van der Waals surface area contributed by atoms with Gasteiger partial charge in [0.2, 0.25) is 0 Å². The summed E-state index contributed by atoms with van der Waals surface area (Å²) in [6, 6.07) is 6.96. The van der Waals surface area contributed by atoms with E-state index < -0.39 is 16.5 Å². The monoisotopic (exact) mass is 299 g/mol. The number of carbonyl (C=O) groups excluding carboxylic acids is 1. The molecule has 0 aliphatic carbocycles. The number of aryl methyl sites for hydroxylation is 1. The first-order chi connectivity index (χ1) is 10.4. The number of nitrogens with two attached hydrogens (primary N) is 1. The standard InChI is InChI=1S/C14H13N5O3/c1-8-2-3-9(7-17-8)18-14(20)13(16)11-6-10(19(21)22)4-5-12(11)15/h2-7,16H,15H2,1H3,(H,18,20). The van der Waals surface area contributed by atoms with Gasteiger partial charge in [0.15, 0.2) is 0 Å². The van der Waals surface area contributed by atoms with E-state index in [0.717, 1.165) is 11.8 Å². The molecule has 8 heteroatoms. The SMILES string of the molecule is Cc1ccc(NC(=O)C(=N)c2cc([N+](=O)[O-])ccc2N)cn1. The number of carbonyl (C=O) groups is 1. The van der Waals surface area contributed by atoms with Crippen LogP contribution in [-0.4, -0.2) is 21.5 Å². The van der Waals surface area contributed by atoms with E-state index in [-0.39, 0.29) is 16.9 Å². The van der Waals surface area contributed by atoms with E-state index in [2.05, 4.69) is 10.3 Å². The van der Waals surface area contributed by atoms with Crippen molar-refractivity contribution in [3.8, 4) is 0 Å². The van der Waals surface area contributed by atoms with Crippen LogP contribution in [0.25, 0.3) is 0 Å². The molecule has 112 valence electrons. The van der Waals surface area contributed by atoms with E-state index in [1.165, 1.54) is 18.3 Å². The molecule has 1 aromatic carbocycles. The molecule has 0 unspecified atom stereocenters. The van der Waals surface area contributed by atoms with Crippen LogP contribution in [0.4, 0.5) is 17.1 Å². The largest absolute Gasteiger partial charge is 0.398 e. The van der Waals surface area contributed by atoms with E-state index in [0.29, 0.717) is 5.69 Å². The van der Waals surface area contributed by atoms with Gasteiger partial charge in [-0.1, -0.05) is 0 Å². The zero-order valence-corrected chi connectivity index (χ0v) is 11.7. The Hall–Kier alpha value is -3.29. The van der Waals surface area contributed by atoms with Crippen molar-refractivity contribution in [1.29, 1.82) is 5.41 Å². The van der Waals surface area contributed by atoms with Gasteiger partial charge in [-0.15, -0.1) is 0 Å². The van der Waals surface area contributed by atoms with Gasteiger partial charge in [-0.3, -0.25) is 25.3 Å². The predicted octanol–water partition coefficient (Wildman–Crippen LogP) is 1.89. The van der Waals surface area contributed by atoms with Crippen molar-refractivity contribution in [3.05, 3.63) is 57.9 Å². The third-order valence-electron chi connectivity index (χ3n) is 2.91. The number of hydrogen-bond acceptors (Lipinski definition) is 6. The lowest BCUT2D eigenvalue weighted by Crippen LogP contribution is -2.24. The molecule has 4 N–H and O–H groups in total. The highest BCUT2D eigenvalue weighted by Gasteiger charge is 2.18. The molecule has 0 aliphatic heterocycles. The Morgan fingerprint density at radius 2 is 2.09 bits per heavy atom. The molecular weight excluding hydrogens is 286 g/mol. The summed E-state index contributed by atoms with van der Waals surface area (Å²) < 4.78 is 0. The molecule has 2 aromatic rings. The second-order valence-electron chi connectivity index (χ2n) is 4.55. The Balaban J connectivity index is 2.23. The summed E-state index contributed by atoms with van der Waals surface area (Å²) in [5, 5.41) is 21.1. The lowest BCUT2D eigenvalue weighted by molar-refractivity contribution is -0.384. The Kier molecular flexibility index (Phi) is 4.12. The number of anilines is 2. The molecule has 0 aliphatic rings. The van der Waals surface area contributed by atoms with E-state index in [1.807, 2.05) is 0 Å². The average molecular weight is 299 g/mol. The van der Waals surface area contributed by atoms with Crippen LogP contribution < -0.4 is 11.1 Å². The Morgan fingerprint density at radius 1 is 1.36 bits per heavy atom. The molecule has 8 nitrogen and oxygen atoms in total. The molecule has 2 rings (SSSR count). The number of nitro groups is 1. The molecule has 0 bridgehead atoms. The summed E-state index contributed by atoms with van der Waals surface area (Å²) in [6.07, 6.45) is 1.46. The van der Waals surface area contributed by atoms with Gasteiger partial charge < -0.3 is 11.1 Å². The number of nitrogens with one attached hydrogen (secondary N) is 2. The molecule has 0 atom stereocenters. The van der Waals surface area contributed by atoms with E-state index in [1.54, 1.807) is 19.1 Å². The fourth-order valence-corrected chi connectivity index (χ4v) is 1.73. The second kappa shape index (κ2) is 6.00. The van der Waals surface area contributed by atoms with Gasteiger partial charge in [0.05, 0.1) is 16.8 Å². The number of benzene rings is 1. The minimum absolute atomic E-state index is 0.00627. The van der Waals surface area contributed by atoms with Crippen molar-refractivity contribution >= 4 is 28.7 Å². The number of aromatic nitrogens is 1. The highest BCUT2D eigenvalue weighted by Crippen LogP contribution is 2.20. The van der Waals surface area contributed by atoms with Crippen LogP contribution in [0.3, 0.4) is 0 Å². The minimum Gasteiger partial charge on any atom is -0.398 e. The van der Waals surface area contributed by atoms with Crippen molar-refractivity contribution in [3.63, 3.8) is 0 Å². The summed E-state index contributed by atoms with van der Waals surface area (Å²) in [7, 11) is 0. The zero-order chi connectivity index (χ0) is 16.3. The zero-order valence-electron chi connectivity index (χ0n) is 11.7. The molecule has 0 radical (unpaired) electrons. The van der Waals surface area contributed by atoms with E-state index in [4.69, 9.17) is 11.1 Å². The van der Waals surface area contributed by atoms with Crippen LogP contribution in [-0.2, 0) is 4.79 Å². The van der Waals surface area contributed by atoms with Crippen LogP contribution in [0.15, 0.2) is 36.5 Å². The second-order valence-corrected chi connectivity index (χ2v) is 4.55. The van der Waals surface area contributed by atoms with Crippen molar-refractivity contribution < 1.29 is 9.72 Å². The molecule has 22 heavy (non-hydrogen) atoms. The van der Waals surface area contributed by atoms with Gasteiger partial charge in [-0.2, -0.15) is 0 Å². The van der Waals surface area contributed by atoms with Gasteiger partial charge in [0, 0.05) is 29.1 Å². The molecule has 1 aromatic heterocycles. The first kappa shape index (κ1) is 15.1. The first-order valence-corrected chi connectivity index (χ1v) is 6.25. The molecule has 1 heterocycles. The van der Waals surface area contributed by atoms with Gasteiger partial charge in [-0.25, -0.2) is 0 Å². The van der Waals surface area contributed by atoms with Crippen molar-refractivity contribution in [2.45, 2.75) is 6.92 Å². The quantitative estimate of drug-likeness (QED) is 0.343. The maximum atomic E-state index is 12.0. The van der Waals surface area contributed by atoms with E-state index in [9.17, 15) is 14.9 Å². The number of nitrogens with zero attached hydrogens (tertiary/aromatic N) is 2. The van der Waals surface area contributed by atoms with Crippen molar-refractivity contribution in [1.82, 2.24) is 4.98 Å². The Morgan fingerprint density at radius 3 is 2.68 bits per heavy atom. The average Bonchev–Trinajstić information content (AvgIpc) is 2.49. The van der Waals surface area contributed by atoms with Gasteiger partial charge in [-0.05, 0) is 25.1 Å². The third kappa shape index (κ3) is 3.23. The molecule has 0 spiro atoms. The fraction of sp³-hybridized carbons (Fsp3) is 0.0714. The van der Waals surface area contributed by atoms with Crippen LogP contribution in [0.5, 0.6) is 0 Å². The number of pyridine rings is 1. The van der Waals surface area contributed by atoms with Crippen LogP contribution >= 0.6 is 0 Å². The van der Waals surface area contributed by atoms with Gasteiger partial charge >= 0.3 is 0 Å². The first-order valence-electron chi connectivity index (χ1n) is 6.25. The highest BCUT2D eigenvalue weighted by atomic mass is 16.6. The number of amides is 1. The molecular formula is C14H13N5O3. The summed E-state index contributed by atoms with van der Waals surface area (Å²) >= 11 is 0. The maximum Gasteiger partial charge on any atom is 0.274 e. The summed E-state index contributed by atoms with van der Waals surface area (Å²) in [5.74, 6) is -0.724. The highest BCUT2D eigenvalue weighted by molar-refractivity contribution is 6.48. The fourth-order valence-electron chi connectivity index (χ4n) is 1.73. The predicted molar refractivity (Wildman–Crippen MR) is 81.9 cm³/mol. The van der Waals surface area contributed by atoms with Gasteiger partial charge in [0.25, 0.3) is 11.6 Å². The Labute approximate surface area is 125 Å². The lowest BCUT2D eigenvalue weighted by atomic mass is 10.1.